The van der Waals surface area contributed by atoms with Gasteiger partial charge in [-0.15, -0.1) is 0 Å². The Morgan fingerprint density at radius 1 is 1.25 bits per heavy atom. The van der Waals surface area contributed by atoms with Gasteiger partial charge in [0.1, 0.15) is 0 Å². The van der Waals surface area contributed by atoms with Crippen molar-refractivity contribution < 1.29 is 0 Å². The molecule has 114 valence electrons. The molecule has 2 N–H and O–H groups in total. The molecule has 1 rings (SSSR count). The third-order valence-corrected chi connectivity index (χ3v) is 3.84. The lowest BCUT2D eigenvalue weighted by Gasteiger charge is -2.39. The number of hydrogen-bond donors (Lipinski definition) is 1. The molecule has 0 heterocycles. The van der Waals surface area contributed by atoms with Crippen LogP contribution in [0.3, 0.4) is 0 Å². The molecule has 3 nitrogen and oxygen atoms in total. The maximum Gasteiger partial charge on any atom is 0.0500 e. The Balaban J connectivity index is 3.04. The fourth-order valence-electron chi connectivity index (χ4n) is 2.90. The van der Waals surface area contributed by atoms with E-state index in [1.165, 1.54) is 5.56 Å². The van der Waals surface area contributed by atoms with Gasteiger partial charge in [0.05, 0.1) is 0 Å². The second-order valence-corrected chi connectivity index (χ2v) is 6.24. The SMILES string of the molecule is CCN(C(C)CN(C)C)C(c1cccc(Cl)c1)C(C)N. The van der Waals surface area contributed by atoms with Crippen LogP contribution in [0.4, 0.5) is 0 Å². The highest BCUT2D eigenvalue weighted by Crippen LogP contribution is 2.27. The molecule has 0 aliphatic heterocycles. The van der Waals surface area contributed by atoms with Crippen molar-refractivity contribution in [2.75, 3.05) is 27.2 Å². The van der Waals surface area contributed by atoms with Gasteiger partial charge < -0.3 is 10.6 Å². The Kier molecular flexibility index (Phi) is 6.96. The van der Waals surface area contributed by atoms with E-state index in [0.717, 1.165) is 18.1 Å². The fourth-order valence-corrected chi connectivity index (χ4v) is 3.10. The minimum Gasteiger partial charge on any atom is -0.326 e. The van der Waals surface area contributed by atoms with Gasteiger partial charge in [0.25, 0.3) is 0 Å². The zero-order chi connectivity index (χ0) is 15.3. The second-order valence-electron chi connectivity index (χ2n) is 5.80. The summed E-state index contributed by atoms with van der Waals surface area (Å²) in [5.41, 5.74) is 7.46. The standard InChI is InChI=1S/C16H28ClN3/c1-6-20(12(2)11-19(4)5)16(13(3)18)14-8-7-9-15(17)10-14/h7-10,12-13,16H,6,11,18H2,1-5H3. The number of hydrogen-bond acceptors (Lipinski definition) is 3. The van der Waals surface area contributed by atoms with Crippen molar-refractivity contribution in [3.05, 3.63) is 34.9 Å². The van der Waals surface area contributed by atoms with Crippen LogP contribution in [-0.2, 0) is 0 Å². The summed E-state index contributed by atoms with van der Waals surface area (Å²) < 4.78 is 0. The number of nitrogens with two attached hydrogens (primary N) is 1. The Hall–Kier alpha value is -0.610. The van der Waals surface area contributed by atoms with Gasteiger partial charge in [-0.1, -0.05) is 30.7 Å². The summed E-state index contributed by atoms with van der Waals surface area (Å²) in [6.45, 7) is 8.48. The fraction of sp³-hybridized carbons (Fsp3) is 0.625. The second kappa shape index (κ2) is 7.99. The summed E-state index contributed by atoms with van der Waals surface area (Å²) >= 11 is 6.14. The Morgan fingerprint density at radius 3 is 2.35 bits per heavy atom. The molecule has 4 heteroatoms. The highest BCUT2D eigenvalue weighted by Gasteiger charge is 2.27. The first kappa shape index (κ1) is 17.4. The predicted octanol–water partition coefficient (Wildman–Crippen LogP) is 3.00. The van der Waals surface area contributed by atoms with Crippen LogP contribution < -0.4 is 5.73 Å². The van der Waals surface area contributed by atoms with E-state index < -0.39 is 0 Å². The van der Waals surface area contributed by atoms with E-state index in [2.05, 4.69) is 50.7 Å². The maximum absolute atomic E-state index is 6.27. The monoisotopic (exact) mass is 297 g/mol. The van der Waals surface area contributed by atoms with Gasteiger partial charge >= 0.3 is 0 Å². The molecule has 0 saturated carbocycles. The first-order valence-corrected chi connectivity index (χ1v) is 7.66. The van der Waals surface area contributed by atoms with Crippen molar-refractivity contribution in [3.8, 4) is 0 Å². The van der Waals surface area contributed by atoms with E-state index in [4.69, 9.17) is 17.3 Å². The van der Waals surface area contributed by atoms with Crippen LogP contribution in [0, 0.1) is 0 Å². The molecular formula is C16H28ClN3. The van der Waals surface area contributed by atoms with Crippen molar-refractivity contribution in [3.63, 3.8) is 0 Å². The summed E-state index contributed by atoms with van der Waals surface area (Å²) in [5, 5.41) is 0.768. The lowest BCUT2D eigenvalue weighted by atomic mass is 9.97. The largest absolute Gasteiger partial charge is 0.326 e. The molecular weight excluding hydrogens is 270 g/mol. The average Bonchev–Trinajstić information content (AvgIpc) is 2.33. The molecule has 20 heavy (non-hydrogen) atoms. The van der Waals surface area contributed by atoms with Crippen LogP contribution in [0.25, 0.3) is 0 Å². The molecule has 0 aromatic heterocycles. The van der Waals surface area contributed by atoms with Gasteiger partial charge in [0.15, 0.2) is 0 Å². The molecule has 0 aliphatic rings. The molecule has 3 unspecified atom stereocenters. The zero-order valence-electron chi connectivity index (χ0n) is 13.3. The topological polar surface area (TPSA) is 32.5 Å². The summed E-state index contributed by atoms with van der Waals surface area (Å²) in [6, 6.07) is 8.72. The van der Waals surface area contributed by atoms with Crippen molar-refractivity contribution in [2.24, 2.45) is 5.73 Å². The van der Waals surface area contributed by atoms with E-state index in [1.54, 1.807) is 0 Å². The molecule has 0 amide bonds. The Labute approximate surface area is 128 Å². The van der Waals surface area contributed by atoms with Gasteiger partial charge in [-0.3, -0.25) is 4.90 Å². The average molecular weight is 298 g/mol. The van der Waals surface area contributed by atoms with Crippen LogP contribution in [0.2, 0.25) is 5.02 Å². The molecule has 1 aromatic rings. The molecule has 0 fully saturated rings. The third kappa shape index (κ3) is 4.74. The quantitative estimate of drug-likeness (QED) is 0.840. The van der Waals surface area contributed by atoms with Crippen LogP contribution in [0.5, 0.6) is 0 Å². The number of nitrogens with zero attached hydrogens (tertiary/aromatic N) is 2. The summed E-state index contributed by atoms with van der Waals surface area (Å²) in [4.78, 5) is 4.67. The van der Waals surface area contributed by atoms with E-state index in [-0.39, 0.29) is 12.1 Å². The van der Waals surface area contributed by atoms with Crippen LogP contribution >= 0.6 is 11.6 Å². The maximum atomic E-state index is 6.27. The number of rotatable bonds is 7. The highest BCUT2D eigenvalue weighted by molar-refractivity contribution is 6.30. The lowest BCUT2D eigenvalue weighted by Crippen LogP contribution is -2.47. The third-order valence-electron chi connectivity index (χ3n) is 3.61. The smallest absolute Gasteiger partial charge is 0.0500 e. The van der Waals surface area contributed by atoms with Crippen molar-refractivity contribution >= 4 is 11.6 Å². The van der Waals surface area contributed by atoms with E-state index in [9.17, 15) is 0 Å². The van der Waals surface area contributed by atoms with Crippen molar-refractivity contribution in [1.82, 2.24) is 9.80 Å². The van der Waals surface area contributed by atoms with Gasteiger partial charge in [-0.2, -0.15) is 0 Å². The van der Waals surface area contributed by atoms with Crippen LogP contribution in [0.15, 0.2) is 24.3 Å². The normalized spacial score (nSPS) is 16.4. The van der Waals surface area contributed by atoms with Crippen molar-refractivity contribution in [1.29, 1.82) is 0 Å². The molecule has 1 aromatic carbocycles. The summed E-state index contributed by atoms with van der Waals surface area (Å²) in [5.74, 6) is 0. The highest BCUT2D eigenvalue weighted by atomic mass is 35.5. The first-order valence-electron chi connectivity index (χ1n) is 7.28. The number of benzene rings is 1. The molecule has 0 aliphatic carbocycles. The molecule has 0 radical (unpaired) electrons. The lowest BCUT2D eigenvalue weighted by molar-refractivity contribution is 0.114. The van der Waals surface area contributed by atoms with Gasteiger partial charge in [-0.25, -0.2) is 0 Å². The minimum absolute atomic E-state index is 0.0537. The van der Waals surface area contributed by atoms with Crippen molar-refractivity contribution in [2.45, 2.75) is 38.9 Å². The summed E-state index contributed by atoms with van der Waals surface area (Å²) in [7, 11) is 4.20. The molecule has 0 saturated heterocycles. The van der Waals surface area contributed by atoms with E-state index in [1.807, 2.05) is 18.2 Å². The number of likely N-dealkylation sites (N-methyl/N-ethyl adjacent to an activating group) is 2. The molecule has 3 atom stereocenters. The number of halogens is 1. The van der Waals surface area contributed by atoms with E-state index in [0.29, 0.717) is 6.04 Å². The Bertz CT molecular complexity index is 406. The van der Waals surface area contributed by atoms with Gasteiger partial charge in [0, 0.05) is 29.7 Å². The summed E-state index contributed by atoms with van der Waals surface area (Å²) in [6.07, 6.45) is 0. The van der Waals surface area contributed by atoms with Gasteiger partial charge in [0.2, 0.25) is 0 Å². The molecule has 0 spiro atoms. The zero-order valence-corrected chi connectivity index (χ0v) is 14.1. The van der Waals surface area contributed by atoms with Gasteiger partial charge in [-0.05, 0) is 52.2 Å². The van der Waals surface area contributed by atoms with Crippen LogP contribution in [0.1, 0.15) is 32.4 Å². The Morgan fingerprint density at radius 2 is 1.90 bits per heavy atom. The minimum atomic E-state index is 0.0537. The van der Waals surface area contributed by atoms with E-state index >= 15 is 0 Å². The molecule has 0 bridgehead atoms. The first-order chi connectivity index (χ1) is 9.36. The predicted molar refractivity (Wildman–Crippen MR) is 88.2 cm³/mol. The van der Waals surface area contributed by atoms with Crippen LogP contribution in [-0.4, -0.2) is 49.1 Å².